The molecule has 0 unspecified atom stereocenters. The molecule has 3 aromatic rings. The SMILES string of the molecule is O=C(CCc1ccccc1)NCCc1coc(-c2ccc(F)cc2)n1. The molecule has 3 rings (SSSR count). The van der Waals surface area contributed by atoms with Gasteiger partial charge in [0.2, 0.25) is 11.8 Å². The summed E-state index contributed by atoms with van der Waals surface area (Å²) in [5, 5.41) is 2.89. The van der Waals surface area contributed by atoms with Gasteiger partial charge in [0.1, 0.15) is 12.1 Å². The van der Waals surface area contributed by atoms with E-state index in [1.807, 2.05) is 30.3 Å². The number of hydrogen-bond donors (Lipinski definition) is 1. The molecule has 4 nitrogen and oxygen atoms in total. The maximum Gasteiger partial charge on any atom is 0.226 e. The predicted octanol–water partition coefficient (Wildman–Crippen LogP) is 3.77. The van der Waals surface area contributed by atoms with Crippen molar-refractivity contribution in [1.82, 2.24) is 10.3 Å². The minimum absolute atomic E-state index is 0.0195. The molecule has 2 aromatic carbocycles. The number of aryl methyl sites for hydroxylation is 1. The van der Waals surface area contributed by atoms with Gasteiger partial charge in [0.15, 0.2) is 0 Å². The van der Waals surface area contributed by atoms with Crippen LogP contribution in [-0.4, -0.2) is 17.4 Å². The Balaban J connectivity index is 1.43. The van der Waals surface area contributed by atoms with Crippen molar-refractivity contribution in [2.75, 3.05) is 6.54 Å². The average molecular weight is 338 g/mol. The van der Waals surface area contributed by atoms with E-state index in [9.17, 15) is 9.18 Å². The molecule has 1 amide bonds. The fourth-order valence-electron chi connectivity index (χ4n) is 2.47. The van der Waals surface area contributed by atoms with Crippen LogP contribution in [0.3, 0.4) is 0 Å². The van der Waals surface area contributed by atoms with E-state index >= 15 is 0 Å². The third kappa shape index (κ3) is 5.01. The Morgan fingerprint density at radius 2 is 1.80 bits per heavy atom. The molecule has 0 aliphatic heterocycles. The summed E-state index contributed by atoms with van der Waals surface area (Å²) in [5.74, 6) is 0.172. The molecule has 0 radical (unpaired) electrons. The average Bonchev–Trinajstić information content (AvgIpc) is 3.10. The van der Waals surface area contributed by atoms with Crippen LogP contribution >= 0.6 is 0 Å². The van der Waals surface area contributed by atoms with E-state index in [2.05, 4.69) is 10.3 Å². The third-order valence-electron chi connectivity index (χ3n) is 3.83. The molecular weight excluding hydrogens is 319 g/mol. The first kappa shape index (κ1) is 16.9. The van der Waals surface area contributed by atoms with Gasteiger partial charge in [-0.15, -0.1) is 0 Å². The van der Waals surface area contributed by atoms with Crippen LogP contribution in [0.25, 0.3) is 11.5 Å². The van der Waals surface area contributed by atoms with Crippen molar-refractivity contribution in [3.05, 3.63) is 77.9 Å². The molecule has 0 saturated heterocycles. The Bertz CT molecular complexity index is 813. The van der Waals surface area contributed by atoms with Crippen LogP contribution in [0.4, 0.5) is 4.39 Å². The van der Waals surface area contributed by atoms with E-state index in [0.29, 0.717) is 25.3 Å². The Hall–Kier alpha value is -2.95. The van der Waals surface area contributed by atoms with Crippen LogP contribution < -0.4 is 5.32 Å². The summed E-state index contributed by atoms with van der Waals surface area (Å²) in [6.45, 7) is 0.503. The number of amides is 1. The monoisotopic (exact) mass is 338 g/mol. The second-order valence-corrected chi connectivity index (χ2v) is 5.74. The van der Waals surface area contributed by atoms with Gasteiger partial charge in [0, 0.05) is 24.9 Å². The molecule has 25 heavy (non-hydrogen) atoms. The van der Waals surface area contributed by atoms with E-state index in [1.54, 1.807) is 18.4 Å². The van der Waals surface area contributed by atoms with Gasteiger partial charge in [-0.1, -0.05) is 30.3 Å². The van der Waals surface area contributed by atoms with Crippen LogP contribution in [0.15, 0.2) is 65.3 Å². The minimum atomic E-state index is -0.297. The topological polar surface area (TPSA) is 55.1 Å². The molecular formula is C20H19FN2O2. The van der Waals surface area contributed by atoms with Crippen molar-refractivity contribution in [2.45, 2.75) is 19.3 Å². The molecule has 5 heteroatoms. The smallest absolute Gasteiger partial charge is 0.226 e. The number of rotatable bonds is 7. The Morgan fingerprint density at radius 1 is 1.04 bits per heavy atom. The number of oxazole rings is 1. The normalized spacial score (nSPS) is 10.6. The lowest BCUT2D eigenvalue weighted by Crippen LogP contribution is -2.25. The van der Waals surface area contributed by atoms with E-state index in [1.165, 1.54) is 12.1 Å². The summed E-state index contributed by atoms with van der Waals surface area (Å²) in [6.07, 6.45) is 3.34. The number of halogens is 1. The second kappa shape index (κ2) is 8.24. The largest absolute Gasteiger partial charge is 0.444 e. The number of carbonyl (C=O) groups excluding carboxylic acids is 1. The molecule has 0 saturated carbocycles. The van der Waals surface area contributed by atoms with Gasteiger partial charge >= 0.3 is 0 Å². The molecule has 1 N–H and O–H groups in total. The number of nitrogens with one attached hydrogen (secondary N) is 1. The number of benzene rings is 2. The lowest BCUT2D eigenvalue weighted by molar-refractivity contribution is -0.121. The van der Waals surface area contributed by atoms with Gasteiger partial charge in [0.05, 0.1) is 5.69 Å². The highest BCUT2D eigenvalue weighted by Crippen LogP contribution is 2.18. The number of carbonyl (C=O) groups is 1. The zero-order chi connectivity index (χ0) is 17.5. The highest BCUT2D eigenvalue weighted by Gasteiger charge is 2.08. The standard InChI is InChI=1S/C20H19FN2O2/c21-17-9-7-16(8-10-17)20-23-18(14-25-20)12-13-22-19(24)11-6-15-4-2-1-3-5-15/h1-5,7-10,14H,6,11-13H2,(H,22,24). The molecule has 128 valence electrons. The summed E-state index contributed by atoms with van der Waals surface area (Å²) >= 11 is 0. The maximum atomic E-state index is 12.9. The minimum Gasteiger partial charge on any atom is -0.444 e. The highest BCUT2D eigenvalue weighted by molar-refractivity contribution is 5.76. The predicted molar refractivity (Wildman–Crippen MR) is 93.4 cm³/mol. The number of nitrogens with zero attached hydrogens (tertiary/aromatic N) is 1. The van der Waals surface area contributed by atoms with Gasteiger partial charge in [-0.05, 0) is 36.2 Å². The van der Waals surface area contributed by atoms with Crippen LogP contribution in [-0.2, 0) is 17.6 Å². The van der Waals surface area contributed by atoms with Crippen LogP contribution in [0.2, 0.25) is 0 Å². The van der Waals surface area contributed by atoms with E-state index in [0.717, 1.165) is 23.2 Å². The van der Waals surface area contributed by atoms with Crippen molar-refractivity contribution in [2.24, 2.45) is 0 Å². The van der Waals surface area contributed by atoms with Crippen molar-refractivity contribution in [3.8, 4) is 11.5 Å². The molecule has 0 fully saturated rings. The van der Waals surface area contributed by atoms with Gasteiger partial charge in [-0.2, -0.15) is 0 Å². The molecule has 0 aliphatic rings. The highest BCUT2D eigenvalue weighted by atomic mass is 19.1. The zero-order valence-electron chi connectivity index (χ0n) is 13.7. The first-order chi connectivity index (χ1) is 12.2. The van der Waals surface area contributed by atoms with Crippen molar-refractivity contribution < 1.29 is 13.6 Å². The van der Waals surface area contributed by atoms with Crippen LogP contribution in [0.5, 0.6) is 0 Å². The quantitative estimate of drug-likeness (QED) is 0.713. The number of hydrogen-bond acceptors (Lipinski definition) is 3. The first-order valence-electron chi connectivity index (χ1n) is 8.22. The zero-order valence-corrected chi connectivity index (χ0v) is 13.7. The summed E-state index contributed by atoms with van der Waals surface area (Å²) in [5.41, 5.74) is 2.63. The van der Waals surface area contributed by atoms with Gasteiger partial charge < -0.3 is 9.73 Å². The lowest BCUT2D eigenvalue weighted by atomic mass is 10.1. The van der Waals surface area contributed by atoms with E-state index in [4.69, 9.17) is 4.42 Å². The number of aromatic nitrogens is 1. The second-order valence-electron chi connectivity index (χ2n) is 5.74. The Kier molecular flexibility index (Phi) is 5.57. The van der Waals surface area contributed by atoms with Crippen molar-refractivity contribution in [1.29, 1.82) is 0 Å². The fourth-order valence-corrected chi connectivity index (χ4v) is 2.47. The van der Waals surface area contributed by atoms with Crippen LogP contribution in [0.1, 0.15) is 17.7 Å². The Labute approximate surface area is 145 Å². The van der Waals surface area contributed by atoms with E-state index < -0.39 is 0 Å². The molecule has 0 aliphatic carbocycles. The first-order valence-corrected chi connectivity index (χ1v) is 8.22. The fraction of sp³-hybridized carbons (Fsp3) is 0.200. The lowest BCUT2D eigenvalue weighted by Gasteiger charge is -2.04. The van der Waals surface area contributed by atoms with Gasteiger partial charge in [-0.3, -0.25) is 4.79 Å². The van der Waals surface area contributed by atoms with Crippen molar-refractivity contribution >= 4 is 5.91 Å². The summed E-state index contributed by atoms with van der Waals surface area (Å²) in [7, 11) is 0. The van der Waals surface area contributed by atoms with E-state index in [-0.39, 0.29) is 11.7 Å². The Morgan fingerprint density at radius 3 is 2.56 bits per heavy atom. The molecule has 1 heterocycles. The molecule has 0 atom stereocenters. The molecule has 0 spiro atoms. The van der Waals surface area contributed by atoms with Crippen molar-refractivity contribution in [3.63, 3.8) is 0 Å². The van der Waals surface area contributed by atoms with Crippen LogP contribution in [0, 0.1) is 5.82 Å². The summed E-state index contributed by atoms with van der Waals surface area (Å²) in [4.78, 5) is 16.2. The molecule has 1 aromatic heterocycles. The third-order valence-corrected chi connectivity index (χ3v) is 3.83. The summed E-state index contributed by atoms with van der Waals surface area (Å²) < 4.78 is 18.3. The molecule has 0 bridgehead atoms. The maximum absolute atomic E-state index is 12.9. The van der Waals surface area contributed by atoms with Gasteiger partial charge in [-0.25, -0.2) is 9.37 Å². The van der Waals surface area contributed by atoms with Gasteiger partial charge in [0.25, 0.3) is 0 Å². The summed E-state index contributed by atoms with van der Waals surface area (Å²) in [6, 6.07) is 15.9.